The molecular formula is C13H18N2. The van der Waals surface area contributed by atoms with Crippen LogP contribution in [-0.4, -0.2) is 11.9 Å². The van der Waals surface area contributed by atoms with Gasteiger partial charge in [0.25, 0.3) is 0 Å². The first-order chi connectivity index (χ1) is 7.16. The highest BCUT2D eigenvalue weighted by Crippen LogP contribution is 2.23. The fraction of sp³-hybridized carbons (Fsp3) is 0.462. The van der Waals surface area contributed by atoms with Crippen molar-refractivity contribution in [3.05, 3.63) is 35.4 Å². The van der Waals surface area contributed by atoms with E-state index in [0.717, 1.165) is 18.7 Å². The second kappa shape index (κ2) is 4.05. The van der Waals surface area contributed by atoms with Crippen molar-refractivity contribution in [2.75, 3.05) is 0 Å². The van der Waals surface area contributed by atoms with E-state index in [1.54, 1.807) is 0 Å². The SMILES string of the molecule is CC(C)C(N)=NC1Cc2ccccc2C1. The van der Waals surface area contributed by atoms with Crippen molar-refractivity contribution in [2.45, 2.75) is 32.7 Å². The number of fused-ring (bicyclic) bond motifs is 1. The summed E-state index contributed by atoms with van der Waals surface area (Å²) in [6, 6.07) is 8.94. The normalized spacial score (nSPS) is 17.1. The molecule has 0 atom stereocenters. The molecule has 2 heteroatoms. The maximum absolute atomic E-state index is 5.88. The second-order valence-corrected chi connectivity index (χ2v) is 4.54. The van der Waals surface area contributed by atoms with Gasteiger partial charge in [0.15, 0.2) is 0 Å². The van der Waals surface area contributed by atoms with Crippen LogP contribution in [0.4, 0.5) is 0 Å². The molecule has 1 aliphatic rings. The van der Waals surface area contributed by atoms with E-state index in [1.165, 1.54) is 11.1 Å². The predicted molar refractivity (Wildman–Crippen MR) is 64.1 cm³/mol. The van der Waals surface area contributed by atoms with Crippen LogP contribution in [0, 0.1) is 5.92 Å². The molecule has 15 heavy (non-hydrogen) atoms. The Hall–Kier alpha value is -1.31. The van der Waals surface area contributed by atoms with E-state index < -0.39 is 0 Å². The lowest BCUT2D eigenvalue weighted by Crippen LogP contribution is -2.22. The van der Waals surface area contributed by atoms with Gasteiger partial charge >= 0.3 is 0 Å². The van der Waals surface area contributed by atoms with Gasteiger partial charge in [0.1, 0.15) is 0 Å². The topological polar surface area (TPSA) is 38.4 Å². The van der Waals surface area contributed by atoms with Gasteiger partial charge in [-0.2, -0.15) is 0 Å². The van der Waals surface area contributed by atoms with Crippen LogP contribution >= 0.6 is 0 Å². The molecule has 0 aromatic heterocycles. The number of benzene rings is 1. The van der Waals surface area contributed by atoms with Crippen LogP contribution in [-0.2, 0) is 12.8 Å². The van der Waals surface area contributed by atoms with Crippen LogP contribution in [0.25, 0.3) is 0 Å². The summed E-state index contributed by atoms with van der Waals surface area (Å²) < 4.78 is 0. The Labute approximate surface area is 91.2 Å². The molecule has 1 aromatic rings. The van der Waals surface area contributed by atoms with E-state index in [4.69, 9.17) is 5.73 Å². The van der Waals surface area contributed by atoms with Crippen LogP contribution < -0.4 is 5.73 Å². The number of hydrogen-bond acceptors (Lipinski definition) is 1. The van der Waals surface area contributed by atoms with Gasteiger partial charge in [-0.05, 0) is 24.0 Å². The molecule has 0 heterocycles. The molecule has 0 saturated carbocycles. The van der Waals surface area contributed by atoms with E-state index in [9.17, 15) is 0 Å². The lowest BCUT2D eigenvalue weighted by atomic mass is 10.1. The number of hydrogen-bond donors (Lipinski definition) is 1. The summed E-state index contributed by atoms with van der Waals surface area (Å²) in [6.07, 6.45) is 2.09. The largest absolute Gasteiger partial charge is 0.387 e. The van der Waals surface area contributed by atoms with Gasteiger partial charge in [0.05, 0.1) is 11.9 Å². The Morgan fingerprint density at radius 3 is 2.27 bits per heavy atom. The van der Waals surface area contributed by atoms with Crippen molar-refractivity contribution in [1.29, 1.82) is 0 Å². The van der Waals surface area contributed by atoms with Gasteiger partial charge in [-0.3, -0.25) is 4.99 Å². The Morgan fingerprint density at radius 2 is 1.80 bits per heavy atom. The van der Waals surface area contributed by atoms with Gasteiger partial charge in [0, 0.05) is 5.92 Å². The zero-order chi connectivity index (χ0) is 10.8. The molecule has 0 amide bonds. The van der Waals surface area contributed by atoms with Crippen LogP contribution in [0.2, 0.25) is 0 Å². The highest BCUT2D eigenvalue weighted by molar-refractivity contribution is 5.82. The number of nitrogens with two attached hydrogens (primary N) is 1. The van der Waals surface area contributed by atoms with Crippen molar-refractivity contribution in [1.82, 2.24) is 0 Å². The molecule has 0 unspecified atom stereocenters. The molecule has 2 N–H and O–H groups in total. The molecule has 1 aromatic carbocycles. The quantitative estimate of drug-likeness (QED) is 0.579. The second-order valence-electron chi connectivity index (χ2n) is 4.54. The van der Waals surface area contributed by atoms with E-state index in [-0.39, 0.29) is 0 Å². The van der Waals surface area contributed by atoms with Gasteiger partial charge in [-0.25, -0.2) is 0 Å². The first-order valence-corrected chi connectivity index (χ1v) is 5.56. The van der Waals surface area contributed by atoms with Crippen molar-refractivity contribution < 1.29 is 0 Å². The molecule has 80 valence electrons. The molecule has 1 aliphatic carbocycles. The summed E-state index contributed by atoms with van der Waals surface area (Å²) >= 11 is 0. The molecule has 0 bridgehead atoms. The zero-order valence-corrected chi connectivity index (χ0v) is 9.40. The lowest BCUT2D eigenvalue weighted by Gasteiger charge is -2.08. The summed E-state index contributed by atoms with van der Waals surface area (Å²) in [7, 11) is 0. The molecule has 0 saturated heterocycles. The first-order valence-electron chi connectivity index (χ1n) is 5.56. The van der Waals surface area contributed by atoms with E-state index in [0.29, 0.717) is 12.0 Å². The highest BCUT2D eigenvalue weighted by Gasteiger charge is 2.20. The van der Waals surface area contributed by atoms with Crippen LogP contribution in [0.15, 0.2) is 29.3 Å². The van der Waals surface area contributed by atoms with Gasteiger partial charge in [-0.15, -0.1) is 0 Å². The molecule has 0 fully saturated rings. The van der Waals surface area contributed by atoms with Gasteiger partial charge < -0.3 is 5.73 Å². The van der Waals surface area contributed by atoms with E-state index in [2.05, 4.69) is 43.1 Å². The Kier molecular flexibility index (Phi) is 2.76. The average Bonchev–Trinajstić information content (AvgIpc) is 2.59. The Bertz CT molecular complexity index is 355. The molecular weight excluding hydrogens is 184 g/mol. The molecule has 0 spiro atoms. The Balaban J connectivity index is 2.11. The third-order valence-corrected chi connectivity index (χ3v) is 2.95. The maximum Gasteiger partial charge on any atom is 0.0966 e. The minimum Gasteiger partial charge on any atom is -0.387 e. The zero-order valence-electron chi connectivity index (χ0n) is 9.40. The minimum atomic E-state index is 0.355. The fourth-order valence-corrected chi connectivity index (χ4v) is 1.99. The summed E-state index contributed by atoms with van der Waals surface area (Å²) in [5, 5.41) is 0. The number of aliphatic imine (C=N–C) groups is 1. The van der Waals surface area contributed by atoms with Crippen molar-refractivity contribution in [3.8, 4) is 0 Å². The molecule has 2 rings (SSSR count). The van der Waals surface area contributed by atoms with Crippen molar-refractivity contribution >= 4 is 5.84 Å². The molecule has 2 nitrogen and oxygen atoms in total. The fourth-order valence-electron chi connectivity index (χ4n) is 1.99. The smallest absolute Gasteiger partial charge is 0.0966 e. The van der Waals surface area contributed by atoms with Crippen LogP contribution in [0.5, 0.6) is 0 Å². The number of nitrogens with zero attached hydrogens (tertiary/aromatic N) is 1. The molecule has 0 aliphatic heterocycles. The summed E-state index contributed by atoms with van der Waals surface area (Å²) in [5.41, 5.74) is 8.75. The summed E-state index contributed by atoms with van der Waals surface area (Å²) in [4.78, 5) is 4.58. The molecule has 0 radical (unpaired) electrons. The maximum atomic E-state index is 5.88. The predicted octanol–water partition coefficient (Wildman–Crippen LogP) is 2.17. The summed E-state index contributed by atoms with van der Waals surface area (Å²) in [5.74, 6) is 1.14. The van der Waals surface area contributed by atoms with Gasteiger partial charge in [-0.1, -0.05) is 38.1 Å². The van der Waals surface area contributed by atoms with Crippen molar-refractivity contribution in [2.24, 2.45) is 16.6 Å². The van der Waals surface area contributed by atoms with Crippen LogP contribution in [0.1, 0.15) is 25.0 Å². The standard InChI is InChI=1S/C13H18N2/c1-9(2)13(14)15-12-7-10-5-3-4-6-11(10)8-12/h3-6,9,12H,7-8H2,1-2H3,(H2,14,15). The first kappa shape index (κ1) is 10.2. The minimum absolute atomic E-state index is 0.355. The van der Waals surface area contributed by atoms with Crippen molar-refractivity contribution in [3.63, 3.8) is 0 Å². The van der Waals surface area contributed by atoms with E-state index >= 15 is 0 Å². The number of rotatable bonds is 2. The third kappa shape index (κ3) is 2.20. The monoisotopic (exact) mass is 202 g/mol. The third-order valence-electron chi connectivity index (χ3n) is 2.95. The highest BCUT2D eigenvalue weighted by atomic mass is 14.9. The van der Waals surface area contributed by atoms with E-state index in [1.807, 2.05) is 0 Å². The lowest BCUT2D eigenvalue weighted by molar-refractivity contribution is 0.707. The summed E-state index contributed by atoms with van der Waals surface area (Å²) in [6.45, 7) is 4.17. The van der Waals surface area contributed by atoms with Crippen LogP contribution in [0.3, 0.4) is 0 Å². The average molecular weight is 202 g/mol. The van der Waals surface area contributed by atoms with Gasteiger partial charge in [0.2, 0.25) is 0 Å². The Morgan fingerprint density at radius 1 is 1.27 bits per heavy atom. The number of amidine groups is 1.